The Bertz CT molecular complexity index is 354. The van der Waals surface area contributed by atoms with Crippen LogP contribution in [0.25, 0.3) is 0 Å². The fourth-order valence-electron chi connectivity index (χ4n) is 3.74. The minimum atomic E-state index is -3.92. The summed E-state index contributed by atoms with van der Waals surface area (Å²) in [6.45, 7) is 4.61. The minimum Gasteiger partial charge on any atom is -0.748 e. The highest BCUT2D eigenvalue weighted by atomic mass is 32.2. The molecule has 0 bridgehead atoms. The van der Waals surface area contributed by atoms with Crippen molar-refractivity contribution in [3.05, 3.63) is 0 Å². The number of aliphatic hydroxyl groups is 2. The molecule has 1 saturated heterocycles. The van der Waals surface area contributed by atoms with Crippen LogP contribution in [-0.2, 0) is 10.1 Å². The average molecular weight is 309 g/mol. The van der Waals surface area contributed by atoms with Gasteiger partial charge in [-0.25, -0.2) is 8.42 Å². The summed E-state index contributed by atoms with van der Waals surface area (Å²) >= 11 is 0. The molecule has 0 spiro atoms. The number of likely N-dealkylation sites (tertiary alicyclic amines) is 1. The zero-order chi connectivity index (χ0) is 15.2. The highest BCUT2D eigenvalue weighted by molar-refractivity contribution is 7.84. The van der Waals surface area contributed by atoms with E-state index in [1.54, 1.807) is 0 Å². The van der Waals surface area contributed by atoms with Crippen LogP contribution in [0.15, 0.2) is 0 Å². The largest absolute Gasteiger partial charge is 0.748 e. The first kappa shape index (κ1) is 17.8. The molecule has 1 saturated carbocycles. The van der Waals surface area contributed by atoms with E-state index in [2.05, 4.69) is 0 Å². The molecule has 0 aromatic carbocycles. The maximum Gasteiger partial charge on any atom is 0.102 e. The van der Waals surface area contributed by atoms with Gasteiger partial charge in [0.1, 0.15) is 13.1 Å². The molecule has 1 heterocycles. The van der Waals surface area contributed by atoms with Gasteiger partial charge in [0, 0.05) is 18.1 Å². The summed E-state index contributed by atoms with van der Waals surface area (Å²) in [5.74, 6) is 1.74. The average Bonchev–Trinajstić information content (AvgIpc) is 2.65. The molecule has 1 aliphatic carbocycles. The summed E-state index contributed by atoms with van der Waals surface area (Å²) in [7, 11) is -3.92. The van der Waals surface area contributed by atoms with Crippen LogP contribution in [0.2, 0.25) is 0 Å². The van der Waals surface area contributed by atoms with Crippen LogP contribution in [-0.4, -0.2) is 73.3 Å². The third kappa shape index (κ3) is 6.05. The summed E-state index contributed by atoms with van der Waals surface area (Å²) < 4.78 is 28.2. The fraction of sp³-hybridized carbons (Fsp3) is 1.00. The van der Waals surface area contributed by atoms with Gasteiger partial charge in [0.25, 0.3) is 0 Å². The molecular formula is C13H27NO5S. The van der Waals surface area contributed by atoms with Crippen molar-refractivity contribution >= 4 is 10.1 Å². The quantitative estimate of drug-likeness (QED) is 0.552. The van der Waals surface area contributed by atoms with Gasteiger partial charge in [-0.2, -0.15) is 0 Å². The SMILES string of the molecule is CS(=O)(=O)[O-].OCC[N+]1(CCO)C[C@@H]2CCCC[C@H]2C1. The fourth-order valence-corrected chi connectivity index (χ4v) is 3.74. The highest BCUT2D eigenvalue weighted by Gasteiger charge is 2.44. The van der Waals surface area contributed by atoms with Crippen molar-refractivity contribution in [2.24, 2.45) is 11.8 Å². The van der Waals surface area contributed by atoms with Crippen molar-refractivity contribution in [1.82, 2.24) is 0 Å². The van der Waals surface area contributed by atoms with Crippen molar-refractivity contribution in [1.29, 1.82) is 0 Å². The lowest BCUT2D eigenvalue weighted by molar-refractivity contribution is -0.919. The van der Waals surface area contributed by atoms with Crippen molar-refractivity contribution in [3.63, 3.8) is 0 Å². The lowest BCUT2D eigenvalue weighted by Gasteiger charge is -2.33. The molecular weight excluding hydrogens is 282 g/mol. The molecule has 7 heteroatoms. The van der Waals surface area contributed by atoms with E-state index in [0.717, 1.165) is 29.4 Å². The Labute approximate surface area is 121 Å². The van der Waals surface area contributed by atoms with Crippen molar-refractivity contribution in [2.75, 3.05) is 45.6 Å². The van der Waals surface area contributed by atoms with Gasteiger partial charge in [-0.15, -0.1) is 0 Å². The molecule has 0 unspecified atom stereocenters. The molecule has 0 amide bonds. The molecule has 2 fully saturated rings. The molecule has 0 radical (unpaired) electrons. The first-order valence-electron chi connectivity index (χ1n) is 7.27. The first-order valence-corrected chi connectivity index (χ1v) is 9.09. The number of aliphatic hydroxyl groups excluding tert-OH is 2. The van der Waals surface area contributed by atoms with Crippen LogP contribution in [0.3, 0.4) is 0 Å². The lowest BCUT2D eigenvalue weighted by atomic mass is 9.82. The molecule has 2 atom stereocenters. The van der Waals surface area contributed by atoms with E-state index in [-0.39, 0.29) is 13.2 Å². The van der Waals surface area contributed by atoms with Gasteiger partial charge in [-0.3, -0.25) is 0 Å². The van der Waals surface area contributed by atoms with Crippen LogP contribution in [0.5, 0.6) is 0 Å². The first-order chi connectivity index (χ1) is 9.29. The standard InChI is InChI=1S/C12H24NO2.CH4O3S/c14-7-5-13(6-8-15)9-11-3-1-2-4-12(11)10-13;1-5(2,3)4/h11-12,14-15H,1-10H2;1H3,(H,2,3,4)/q+1;/p-1/t11-,12-;/m0./s1. The molecule has 0 aromatic heterocycles. The molecule has 1 aliphatic heterocycles. The Morgan fingerprint density at radius 1 is 1.05 bits per heavy atom. The maximum absolute atomic E-state index is 9.15. The van der Waals surface area contributed by atoms with Gasteiger partial charge < -0.3 is 19.2 Å². The summed E-state index contributed by atoms with van der Waals surface area (Å²) in [5.41, 5.74) is 0. The second kappa shape index (κ2) is 7.70. The molecule has 120 valence electrons. The minimum absolute atomic E-state index is 0.263. The number of hydrogen-bond acceptors (Lipinski definition) is 5. The second-order valence-electron chi connectivity index (χ2n) is 6.11. The number of nitrogens with zero attached hydrogens (tertiary/aromatic N) is 1. The number of quaternary nitrogens is 1. The van der Waals surface area contributed by atoms with E-state index in [1.165, 1.54) is 38.8 Å². The van der Waals surface area contributed by atoms with Gasteiger partial charge in [0.05, 0.1) is 36.4 Å². The van der Waals surface area contributed by atoms with Crippen LogP contribution < -0.4 is 0 Å². The maximum atomic E-state index is 9.15. The zero-order valence-corrected chi connectivity index (χ0v) is 13.0. The Morgan fingerprint density at radius 2 is 1.40 bits per heavy atom. The predicted octanol–water partition coefficient (Wildman–Crippen LogP) is -0.231. The molecule has 2 rings (SSSR count). The third-order valence-corrected chi connectivity index (χ3v) is 4.46. The van der Waals surface area contributed by atoms with E-state index < -0.39 is 10.1 Å². The molecule has 2 N–H and O–H groups in total. The smallest absolute Gasteiger partial charge is 0.102 e. The highest BCUT2D eigenvalue weighted by Crippen LogP contribution is 2.39. The van der Waals surface area contributed by atoms with E-state index in [4.69, 9.17) is 23.2 Å². The van der Waals surface area contributed by atoms with E-state index in [0.29, 0.717) is 6.26 Å². The summed E-state index contributed by atoms with van der Waals surface area (Å²) in [5, 5.41) is 18.3. The number of hydrogen-bond donors (Lipinski definition) is 2. The summed E-state index contributed by atoms with van der Waals surface area (Å²) in [6, 6.07) is 0. The van der Waals surface area contributed by atoms with E-state index >= 15 is 0 Å². The summed E-state index contributed by atoms with van der Waals surface area (Å²) in [6.07, 6.45) is 6.13. The zero-order valence-electron chi connectivity index (χ0n) is 12.2. The monoisotopic (exact) mass is 309 g/mol. The Morgan fingerprint density at radius 3 is 1.70 bits per heavy atom. The van der Waals surface area contributed by atoms with Crippen LogP contribution in [0.1, 0.15) is 25.7 Å². The van der Waals surface area contributed by atoms with Crippen LogP contribution >= 0.6 is 0 Å². The van der Waals surface area contributed by atoms with Gasteiger partial charge in [0.15, 0.2) is 0 Å². The van der Waals surface area contributed by atoms with Crippen LogP contribution in [0.4, 0.5) is 0 Å². The van der Waals surface area contributed by atoms with Gasteiger partial charge in [-0.05, 0) is 12.8 Å². The van der Waals surface area contributed by atoms with Gasteiger partial charge >= 0.3 is 0 Å². The molecule has 20 heavy (non-hydrogen) atoms. The molecule has 6 nitrogen and oxygen atoms in total. The van der Waals surface area contributed by atoms with Crippen molar-refractivity contribution in [2.45, 2.75) is 25.7 Å². The van der Waals surface area contributed by atoms with Gasteiger partial charge in [-0.1, -0.05) is 12.8 Å². The Hall–Kier alpha value is -0.210. The topological polar surface area (TPSA) is 97.7 Å². The second-order valence-corrected chi connectivity index (χ2v) is 7.52. The van der Waals surface area contributed by atoms with Crippen molar-refractivity contribution < 1.29 is 27.7 Å². The third-order valence-electron chi connectivity index (χ3n) is 4.46. The van der Waals surface area contributed by atoms with Gasteiger partial charge in [0.2, 0.25) is 0 Å². The Kier molecular flexibility index (Phi) is 6.87. The van der Waals surface area contributed by atoms with E-state index in [9.17, 15) is 0 Å². The number of fused-ring (bicyclic) bond motifs is 1. The van der Waals surface area contributed by atoms with Crippen molar-refractivity contribution in [3.8, 4) is 0 Å². The van der Waals surface area contributed by atoms with Crippen LogP contribution in [0, 0.1) is 11.8 Å². The lowest BCUT2D eigenvalue weighted by Crippen LogP contribution is -2.50. The predicted molar refractivity (Wildman–Crippen MR) is 75.0 cm³/mol. The molecule has 2 aliphatic rings. The summed E-state index contributed by atoms with van der Waals surface area (Å²) in [4.78, 5) is 0. The van der Waals surface area contributed by atoms with E-state index in [1.807, 2.05) is 0 Å². The molecule has 0 aromatic rings. The Balaban J connectivity index is 0.000000347. The normalized spacial score (nSPS) is 28.4. The number of rotatable bonds is 4.